The number of nitrogens with one attached hydrogen (secondary N) is 1. The maximum atomic E-state index is 13.6. The Morgan fingerprint density at radius 2 is 1.77 bits per heavy atom. The van der Waals surface area contributed by atoms with E-state index < -0.39 is 36.4 Å². The van der Waals surface area contributed by atoms with Crippen molar-refractivity contribution in [1.82, 2.24) is 10.1 Å². The number of esters is 1. The molecule has 2 aromatic rings. The molecule has 9 heteroatoms. The number of aryl methyl sites for hydroxylation is 1. The van der Waals surface area contributed by atoms with Crippen molar-refractivity contribution in [1.29, 1.82) is 0 Å². The number of benzene rings is 1. The van der Waals surface area contributed by atoms with Gasteiger partial charge in [-0.3, -0.25) is 19.3 Å². The van der Waals surface area contributed by atoms with Crippen molar-refractivity contribution in [3.8, 4) is 0 Å². The summed E-state index contributed by atoms with van der Waals surface area (Å²) < 4.78 is 10.2. The summed E-state index contributed by atoms with van der Waals surface area (Å²) in [4.78, 5) is 53.8. The topological polar surface area (TPSA) is 119 Å². The summed E-state index contributed by atoms with van der Waals surface area (Å²) in [5.74, 6) is -1.03. The summed E-state index contributed by atoms with van der Waals surface area (Å²) >= 11 is 0. The highest BCUT2D eigenvalue weighted by Gasteiger charge is 2.68. The molecule has 35 heavy (non-hydrogen) atoms. The number of anilines is 1. The van der Waals surface area contributed by atoms with Gasteiger partial charge in [0.2, 0.25) is 11.8 Å². The maximum Gasteiger partial charge on any atom is 0.330 e. The molecule has 2 saturated carbocycles. The Kier molecular flexibility index (Phi) is 5.09. The number of nitrogens with zero attached hydrogens (tertiary/aromatic N) is 2. The third-order valence-electron chi connectivity index (χ3n) is 7.79. The summed E-state index contributed by atoms with van der Waals surface area (Å²) in [6, 6.07) is 9.57. The highest BCUT2D eigenvalue weighted by atomic mass is 16.5. The molecule has 2 bridgehead atoms. The molecule has 0 unspecified atom stereocenters. The third-order valence-corrected chi connectivity index (χ3v) is 7.79. The first-order valence-electron chi connectivity index (χ1n) is 11.9. The molecule has 0 spiro atoms. The Morgan fingerprint density at radius 1 is 1.11 bits per heavy atom. The van der Waals surface area contributed by atoms with Crippen LogP contribution >= 0.6 is 0 Å². The number of likely N-dealkylation sites (tertiary alicyclic amines) is 1. The Bertz CT molecular complexity index is 1200. The van der Waals surface area contributed by atoms with Crippen LogP contribution in [0.1, 0.15) is 17.7 Å². The number of hydrogen-bond acceptors (Lipinski definition) is 7. The van der Waals surface area contributed by atoms with E-state index in [9.17, 15) is 19.2 Å². The largest absolute Gasteiger partial charge is 0.454 e. The molecule has 7 atom stereocenters. The minimum Gasteiger partial charge on any atom is -0.454 e. The van der Waals surface area contributed by atoms with Gasteiger partial charge in [-0.2, -0.15) is 0 Å². The number of aromatic nitrogens is 1. The van der Waals surface area contributed by atoms with Crippen molar-refractivity contribution in [2.45, 2.75) is 25.8 Å². The molecule has 180 valence electrons. The predicted octanol–water partition coefficient (Wildman–Crippen LogP) is 2.13. The molecule has 2 heterocycles. The number of hydrogen-bond donors (Lipinski definition) is 1. The first-order chi connectivity index (χ1) is 16.9. The lowest BCUT2D eigenvalue weighted by Gasteiger charge is -2.37. The highest BCUT2D eigenvalue weighted by molar-refractivity contribution is 6.09. The predicted molar refractivity (Wildman–Crippen MR) is 121 cm³/mol. The van der Waals surface area contributed by atoms with Gasteiger partial charge in [-0.05, 0) is 42.6 Å². The lowest BCUT2D eigenvalue weighted by molar-refractivity contribution is -0.160. The smallest absolute Gasteiger partial charge is 0.330 e. The molecule has 0 radical (unpaired) electrons. The normalized spacial score (nSPS) is 30.6. The van der Waals surface area contributed by atoms with Gasteiger partial charge in [0.05, 0.1) is 11.8 Å². The number of amides is 3. The van der Waals surface area contributed by atoms with E-state index in [0.717, 1.165) is 16.9 Å². The zero-order chi connectivity index (χ0) is 24.3. The number of carbonyl (C=O) groups excluding carboxylic acids is 4. The van der Waals surface area contributed by atoms with Crippen LogP contribution in [-0.4, -0.2) is 46.4 Å². The van der Waals surface area contributed by atoms with Crippen molar-refractivity contribution >= 4 is 29.5 Å². The second-order valence-corrected chi connectivity index (χ2v) is 9.89. The quantitative estimate of drug-likeness (QED) is 0.370. The lowest BCUT2D eigenvalue weighted by Crippen LogP contribution is -2.48. The molecule has 1 aliphatic heterocycles. The maximum absolute atomic E-state index is 13.6. The summed E-state index contributed by atoms with van der Waals surface area (Å²) in [7, 11) is 0. The van der Waals surface area contributed by atoms with E-state index >= 15 is 0 Å². The molecule has 1 saturated heterocycles. The van der Waals surface area contributed by atoms with E-state index in [4.69, 9.17) is 9.26 Å². The van der Waals surface area contributed by atoms with E-state index in [1.165, 1.54) is 6.07 Å². The molecule has 3 fully saturated rings. The minimum atomic E-state index is -1.14. The van der Waals surface area contributed by atoms with Gasteiger partial charge in [-0.15, -0.1) is 0 Å². The molecule has 3 amide bonds. The van der Waals surface area contributed by atoms with Gasteiger partial charge in [0.25, 0.3) is 5.91 Å². The Morgan fingerprint density at radius 3 is 2.37 bits per heavy atom. The van der Waals surface area contributed by atoms with Crippen LogP contribution in [0.25, 0.3) is 0 Å². The Balaban J connectivity index is 1.21. The zero-order valence-corrected chi connectivity index (χ0v) is 19.1. The monoisotopic (exact) mass is 475 g/mol. The molecule has 1 aromatic heterocycles. The second-order valence-electron chi connectivity index (χ2n) is 9.89. The lowest BCUT2D eigenvalue weighted by atomic mass is 9.63. The summed E-state index contributed by atoms with van der Waals surface area (Å²) in [6.45, 7) is 1.11. The molecule has 7 rings (SSSR count). The fourth-order valence-electron chi connectivity index (χ4n) is 6.24. The minimum absolute atomic E-state index is 0.0570. The van der Waals surface area contributed by atoms with Crippen LogP contribution in [-0.2, 0) is 30.3 Å². The first-order valence-corrected chi connectivity index (χ1v) is 11.9. The number of rotatable bonds is 7. The SMILES string of the molecule is Cc1cc(NC(=O)COC(=O)[C@H](Cc2ccccc2)N2C(=O)[C@@H]3[C@H]4C=C[C@@H]([C@@H]5C[C@H]45)[C@H]3C2=O)no1. The van der Waals surface area contributed by atoms with E-state index in [1.54, 1.807) is 6.92 Å². The van der Waals surface area contributed by atoms with E-state index in [-0.39, 0.29) is 35.9 Å². The van der Waals surface area contributed by atoms with Gasteiger partial charge in [-0.1, -0.05) is 47.6 Å². The summed E-state index contributed by atoms with van der Waals surface area (Å²) in [6.07, 6.45) is 5.37. The van der Waals surface area contributed by atoms with Crippen LogP contribution in [0.4, 0.5) is 5.82 Å². The van der Waals surface area contributed by atoms with Crippen LogP contribution in [0, 0.1) is 42.4 Å². The van der Waals surface area contributed by atoms with Gasteiger partial charge in [-0.25, -0.2) is 4.79 Å². The fourth-order valence-corrected chi connectivity index (χ4v) is 6.24. The second kappa shape index (κ2) is 8.18. The number of ether oxygens (including phenoxy) is 1. The van der Waals surface area contributed by atoms with Gasteiger partial charge >= 0.3 is 5.97 Å². The van der Waals surface area contributed by atoms with Crippen LogP contribution in [0.15, 0.2) is 53.1 Å². The van der Waals surface area contributed by atoms with Crippen molar-refractivity contribution in [3.05, 3.63) is 59.9 Å². The van der Waals surface area contributed by atoms with Crippen LogP contribution < -0.4 is 5.32 Å². The average molecular weight is 476 g/mol. The van der Waals surface area contributed by atoms with Crippen molar-refractivity contribution in [3.63, 3.8) is 0 Å². The van der Waals surface area contributed by atoms with Crippen LogP contribution in [0.5, 0.6) is 0 Å². The van der Waals surface area contributed by atoms with Gasteiger partial charge in [0.1, 0.15) is 11.8 Å². The van der Waals surface area contributed by atoms with Crippen molar-refractivity contribution in [2.24, 2.45) is 35.5 Å². The fraction of sp³-hybridized carbons (Fsp3) is 0.423. The molecule has 4 aliphatic carbocycles. The standard InChI is InChI=1S/C26H25N3O6/c1-13-9-20(28-35-13)27-21(30)12-34-26(33)19(10-14-5-3-2-4-6-14)29-24(31)22-15-7-8-16(18-11-17(15)18)23(22)25(29)32/h2-9,15-19,22-23H,10-12H2,1H3,(H,27,28,30)/t15-,16-,17-,18+,19-,22+,23+/m0/s1. The highest BCUT2D eigenvalue weighted by Crippen LogP contribution is 2.65. The van der Waals surface area contributed by atoms with Gasteiger partial charge < -0.3 is 14.6 Å². The Hall–Kier alpha value is -3.75. The molecule has 9 nitrogen and oxygen atoms in total. The number of carbonyl (C=O) groups is 4. The van der Waals surface area contributed by atoms with Crippen LogP contribution in [0.3, 0.4) is 0 Å². The van der Waals surface area contributed by atoms with E-state index in [1.807, 2.05) is 30.3 Å². The molecule has 1 N–H and O–H groups in total. The number of imide groups is 1. The number of allylic oxidation sites excluding steroid dienone is 2. The van der Waals surface area contributed by atoms with Crippen molar-refractivity contribution in [2.75, 3.05) is 11.9 Å². The van der Waals surface area contributed by atoms with E-state index in [2.05, 4.69) is 22.6 Å². The van der Waals surface area contributed by atoms with E-state index in [0.29, 0.717) is 17.6 Å². The Labute approximate surface area is 201 Å². The average Bonchev–Trinajstić information content (AvgIpc) is 3.53. The zero-order valence-electron chi connectivity index (χ0n) is 19.1. The summed E-state index contributed by atoms with van der Waals surface area (Å²) in [5.41, 5.74) is 0.788. The molecule has 1 aromatic carbocycles. The molecular formula is C26H25N3O6. The van der Waals surface area contributed by atoms with Gasteiger partial charge in [0, 0.05) is 12.5 Å². The summed E-state index contributed by atoms with van der Waals surface area (Å²) in [5, 5.41) is 6.16. The van der Waals surface area contributed by atoms with Crippen molar-refractivity contribution < 1.29 is 28.4 Å². The van der Waals surface area contributed by atoms with Gasteiger partial charge in [0.15, 0.2) is 12.4 Å². The molecular weight excluding hydrogens is 450 g/mol. The van der Waals surface area contributed by atoms with Crippen LogP contribution in [0.2, 0.25) is 0 Å². The molecule has 5 aliphatic rings. The third kappa shape index (κ3) is 3.66. The first kappa shape index (κ1) is 21.8.